The highest BCUT2D eigenvalue weighted by atomic mass is 19.4. The third kappa shape index (κ3) is 4.82. The lowest BCUT2D eigenvalue weighted by Gasteiger charge is -2.13. The highest BCUT2D eigenvalue weighted by Crippen LogP contribution is 2.35. The van der Waals surface area contributed by atoms with Crippen molar-refractivity contribution in [1.29, 1.82) is 0 Å². The summed E-state index contributed by atoms with van der Waals surface area (Å²) < 4.78 is 73.0. The Bertz CT molecular complexity index is 748. The maximum Gasteiger partial charge on any atom is 0.418 e. The van der Waals surface area contributed by atoms with E-state index in [9.17, 15) is 22.0 Å². The molecule has 0 aliphatic heterocycles. The Hall–Kier alpha value is -2.84. The van der Waals surface area contributed by atoms with Gasteiger partial charge in [-0.25, -0.2) is 0 Å². The first-order chi connectivity index (χ1) is 11.8. The van der Waals surface area contributed by atoms with Gasteiger partial charge in [0.05, 0.1) is 24.6 Å². The first-order valence-corrected chi connectivity index (χ1v) is 6.90. The number of halogens is 5. The molecule has 134 valence electrons. The molecule has 0 atom stereocenters. The highest BCUT2D eigenvalue weighted by molar-refractivity contribution is 5.85. The zero-order chi connectivity index (χ0) is 18.4. The van der Waals surface area contributed by atoms with Crippen molar-refractivity contribution in [2.24, 2.45) is 5.10 Å². The maximum atomic E-state index is 12.9. The number of hydrogen-bond acceptors (Lipinski definition) is 4. The molecule has 0 aliphatic carbocycles. The Kier molecular flexibility index (Phi) is 5.79. The molecule has 0 saturated carbocycles. The number of nitrogens with one attached hydrogen (secondary N) is 1. The summed E-state index contributed by atoms with van der Waals surface area (Å²) in [5.74, 6) is -0.227. The van der Waals surface area contributed by atoms with E-state index < -0.39 is 18.4 Å². The zero-order valence-corrected chi connectivity index (χ0v) is 12.8. The van der Waals surface area contributed by atoms with E-state index in [4.69, 9.17) is 4.74 Å². The highest BCUT2D eigenvalue weighted by Gasteiger charge is 2.33. The lowest BCUT2D eigenvalue weighted by Crippen LogP contribution is -2.09. The van der Waals surface area contributed by atoms with E-state index in [1.54, 1.807) is 0 Å². The predicted molar refractivity (Wildman–Crippen MR) is 82.3 cm³/mol. The van der Waals surface area contributed by atoms with Gasteiger partial charge in [0.1, 0.15) is 0 Å². The van der Waals surface area contributed by atoms with Crippen LogP contribution in [-0.4, -0.2) is 19.9 Å². The second-order valence-electron chi connectivity index (χ2n) is 4.67. The number of rotatable bonds is 6. The Balaban J connectivity index is 2.27. The quantitative estimate of drug-likeness (QED) is 0.459. The molecule has 2 rings (SSSR count). The molecule has 0 aromatic heterocycles. The summed E-state index contributed by atoms with van der Waals surface area (Å²) >= 11 is 0. The molecule has 0 aliphatic rings. The lowest BCUT2D eigenvalue weighted by atomic mass is 10.2. The van der Waals surface area contributed by atoms with Gasteiger partial charge < -0.3 is 9.47 Å². The van der Waals surface area contributed by atoms with Gasteiger partial charge in [0.15, 0.2) is 11.5 Å². The number of anilines is 1. The molecule has 25 heavy (non-hydrogen) atoms. The van der Waals surface area contributed by atoms with E-state index in [0.717, 1.165) is 12.3 Å². The summed E-state index contributed by atoms with van der Waals surface area (Å²) in [6.45, 7) is -3.10. The average molecular weight is 360 g/mol. The SMILES string of the molecule is COc1cccc(/C=N\Nc2ccccc2C(F)(F)F)c1OC(F)F. The first-order valence-electron chi connectivity index (χ1n) is 6.90. The van der Waals surface area contributed by atoms with Crippen LogP contribution in [0.25, 0.3) is 0 Å². The molecule has 2 aromatic rings. The van der Waals surface area contributed by atoms with Crippen LogP contribution in [0.4, 0.5) is 27.6 Å². The van der Waals surface area contributed by atoms with Gasteiger partial charge in [-0.3, -0.25) is 5.43 Å². The molecule has 0 heterocycles. The van der Waals surface area contributed by atoms with E-state index in [1.165, 1.54) is 43.5 Å². The van der Waals surface area contributed by atoms with Crippen LogP contribution in [0.15, 0.2) is 47.6 Å². The summed E-state index contributed by atoms with van der Waals surface area (Å²) in [5, 5.41) is 3.67. The Morgan fingerprint density at radius 1 is 1.08 bits per heavy atom. The van der Waals surface area contributed by atoms with Gasteiger partial charge in [-0.05, 0) is 24.3 Å². The summed E-state index contributed by atoms with van der Waals surface area (Å²) in [5.41, 5.74) is 1.19. The maximum absolute atomic E-state index is 12.9. The van der Waals surface area contributed by atoms with Crippen LogP contribution in [0.3, 0.4) is 0 Å². The van der Waals surface area contributed by atoms with Crippen LogP contribution in [0.2, 0.25) is 0 Å². The van der Waals surface area contributed by atoms with E-state index in [1.807, 2.05) is 0 Å². The van der Waals surface area contributed by atoms with Crippen molar-refractivity contribution in [3.8, 4) is 11.5 Å². The van der Waals surface area contributed by atoms with Gasteiger partial charge in [-0.1, -0.05) is 18.2 Å². The summed E-state index contributed by atoms with van der Waals surface area (Å²) in [6, 6.07) is 9.06. The minimum atomic E-state index is -4.56. The van der Waals surface area contributed by atoms with Crippen molar-refractivity contribution in [3.05, 3.63) is 53.6 Å². The van der Waals surface area contributed by atoms with Crippen molar-refractivity contribution in [1.82, 2.24) is 0 Å². The van der Waals surface area contributed by atoms with Gasteiger partial charge in [-0.2, -0.15) is 27.1 Å². The smallest absolute Gasteiger partial charge is 0.418 e. The van der Waals surface area contributed by atoms with Crippen LogP contribution in [0.5, 0.6) is 11.5 Å². The van der Waals surface area contributed by atoms with Crippen LogP contribution in [0.1, 0.15) is 11.1 Å². The van der Waals surface area contributed by atoms with Crippen LogP contribution >= 0.6 is 0 Å². The number of ether oxygens (including phenoxy) is 2. The largest absolute Gasteiger partial charge is 0.493 e. The average Bonchev–Trinajstić information content (AvgIpc) is 2.55. The van der Waals surface area contributed by atoms with Crippen molar-refractivity contribution in [3.63, 3.8) is 0 Å². The Labute approximate surface area is 139 Å². The Morgan fingerprint density at radius 2 is 1.80 bits per heavy atom. The van der Waals surface area contributed by atoms with E-state index in [-0.39, 0.29) is 22.7 Å². The van der Waals surface area contributed by atoms with Gasteiger partial charge in [0, 0.05) is 5.56 Å². The molecule has 0 fully saturated rings. The molecule has 9 heteroatoms. The third-order valence-corrected chi connectivity index (χ3v) is 3.06. The standard InChI is InChI=1S/C16H13F5N2O2/c1-24-13-8-4-5-10(14(13)25-15(17)18)9-22-23-12-7-3-2-6-11(12)16(19,20)21/h2-9,15,23H,1H3/b22-9-. The van der Waals surface area contributed by atoms with Crippen LogP contribution < -0.4 is 14.9 Å². The normalized spacial score (nSPS) is 11.8. The van der Waals surface area contributed by atoms with E-state index >= 15 is 0 Å². The fourth-order valence-electron chi connectivity index (χ4n) is 2.01. The molecular weight excluding hydrogens is 347 g/mol. The summed E-state index contributed by atoms with van der Waals surface area (Å²) in [6.07, 6.45) is -3.49. The summed E-state index contributed by atoms with van der Waals surface area (Å²) in [4.78, 5) is 0. The number of hydrazone groups is 1. The lowest BCUT2D eigenvalue weighted by molar-refractivity contribution is -0.137. The van der Waals surface area contributed by atoms with E-state index in [2.05, 4.69) is 15.3 Å². The van der Waals surface area contributed by atoms with Gasteiger partial charge in [0.2, 0.25) is 0 Å². The summed E-state index contributed by atoms with van der Waals surface area (Å²) in [7, 11) is 1.27. The monoisotopic (exact) mass is 360 g/mol. The number of para-hydroxylation sites is 2. The van der Waals surface area contributed by atoms with Crippen LogP contribution in [0, 0.1) is 0 Å². The molecule has 0 spiro atoms. The van der Waals surface area contributed by atoms with Crippen molar-refractivity contribution in [2.45, 2.75) is 12.8 Å². The second-order valence-corrected chi connectivity index (χ2v) is 4.67. The molecule has 4 nitrogen and oxygen atoms in total. The molecule has 0 saturated heterocycles. The third-order valence-electron chi connectivity index (χ3n) is 3.06. The topological polar surface area (TPSA) is 42.8 Å². The number of nitrogens with zero attached hydrogens (tertiary/aromatic N) is 1. The number of alkyl halides is 5. The molecular formula is C16H13F5N2O2. The molecule has 2 aromatic carbocycles. The number of methoxy groups -OCH3 is 1. The van der Waals surface area contributed by atoms with Crippen molar-refractivity contribution in [2.75, 3.05) is 12.5 Å². The van der Waals surface area contributed by atoms with Gasteiger partial charge >= 0.3 is 12.8 Å². The predicted octanol–water partition coefficient (Wildman–Crippen LogP) is 4.76. The molecule has 0 bridgehead atoms. The minimum absolute atomic E-state index is 0.0416. The zero-order valence-electron chi connectivity index (χ0n) is 12.8. The fraction of sp³-hybridized carbons (Fsp3) is 0.188. The van der Waals surface area contributed by atoms with Crippen LogP contribution in [-0.2, 0) is 6.18 Å². The fourth-order valence-corrected chi connectivity index (χ4v) is 2.01. The van der Waals surface area contributed by atoms with Gasteiger partial charge in [0.25, 0.3) is 0 Å². The van der Waals surface area contributed by atoms with Gasteiger partial charge in [-0.15, -0.1) is 0 Å². The molecule has 0 radical (unpaired) electrons. The molecule has 0 amide bonds. The van der Waals surface area contributed by atoms with Crippen molar-refractivity contribution >= 4 is 11.9 Å². The first kappa shape index (κ1) is 18.5. The number of benzene rings is 2. The van der Waals surface area contributed by atoms with E-state index in [0.29, 0.717) is 0 Å². The number of hydrogen-bond donors (Lipinski definition) is 1. The molecule has 0 unspecified atom stereocenters. The second kappa shape index (κ2) is 7.82. The Morgan fingerprint density at radius 3 is 2.44 bits per heavy atom. The van der Waals surface area contributed by atoms with Crippen molar-refractivity contribution < 1.29 is 31.4 Å². The molecule has 1 N–H and O–H groups in total. The minimum Gasteiger partial charge on any atom is -0.493 e.